The Morgan fingerprint density at radius 2 is 1.70 bits per heavy atom. The number of methoxy groups -OCH3 is 1. The molecule has 0 aliphatic carbocycles. The van der Waals surface area contributed by atoms with Gasteiger partial charge in [-0.15, -0.1) is 0 Å². The van der Waals surface area contributed by atoms with Crippen molar-refractivity contribution in [2.75, 3.05) is 36.6 Å². The van der Waals surface area contributed by atoms with Crippen molar-refractivity contribution >= 4 is 35.1 Å². The lowest BCUT2D eigenvalue weighted by atomic mass is 10.3. The molecule has 23 heavy (non-hydrogen) atoms. The van der Waals surface area contributed by atoms with Crippen molar-refractivity contribution in [2.24, 2.45) is 0 Å². The lowest BCUT2D eigenvalue weighted by Crippen LogP contribution is -2.31. The number of alkyl halides is 3. The number of amides is 3. The Bertz CT molecular complexity index is 523. The second-order valence-electron chi connectivity index (χ2n) is 4.23. The van der Waals surface area contributed by atoms with Crippen molar-refractivity contribution in [3.05, 3.63) is 24.3 Å². The molecule has 0 saturated carbocycles. The summed E-state index contributed by atoms with van der Waals surface area (Å²) in [6, 6.07) is 5.63. The van der Waals surface area contributed by atoms with Crippen LogP contribution in [0.4, 0.5) is 29.3 Å². The van der Waals surface area contributed by atoms with Crippen LogP contribution in [0.5, 0.6) is 0 Å². The SMILES string of the molecule is COCC(=O)Nc1ccc(NC(=O)NCCSC(F)(F)F)cc1. The maximum atomic E-state index is 11.9. The van der Waals surface area contributed by atoms with E-state index in [2.05, 4.69) is 20.7 Å². The molecule has 0 bridgehead atoms. The molecule has 0 spiro atoms. The number of carbonyl (C=O) groups is 2. The highest BCUT2D eigenvalue weighted by Gasteiger charge is 2.27. The molecule has 0 aliphatic heterocycles. The number of thioether (sulfide) groups is 1. The number of halogens is 3. The van der Waals surface area contributed by atoms with Gasteiger partial charge in [0.2, 0.25) is 5.91 Å². The molecule has 0 unspecified atom stereocenters. The van der Waals surface area contributed by atoms with Gasteiger partial charge in [0.25, 0.3) is 0 Å². The highest BCUT2D eigenvalue weighted by Crippen LogP contribution is 2.29. The Hall–Kier alpha value is -1.94. The fourth-order valence-electron chi connectivity index (χ4n) is 1.47. The normalized spacial score (nSPS) is 11.0. The number of nitrogens with one attached hydrogen (secondary N) is 3. The first-order chi connectivity index (χ1) is 10.8. The number of carbonyl (C=O) groups excluding carboxylic acids is 2. The number of anilines is 2. The zero-order valence-corrected chi connectivity index (χ0v) is 13.0. The minimum atomic E-state index is -4.30. The summed E-state index contributed by atoms with van der Waals surface area (Å²) in [5.74, 6) is -0.574. The smallest absolute Gasteiger partial charge is 0.375 e. The zero-order valence-electron chi connectivity index (χ0n) is 12.2. The summed E-state index contributed by atoms with van der Waals surface area (Å²) in [5.41, 5.74) is -3.34. The van der Waals surface area contributed by atoms with E-state index in [0.29, 0.717) is 11.4 Å². The van der Waals surface area contributed by atoms with Crippen LogP contribution in [0.3, 0.4) is 0 Å². The molecule has 3 N–H and O–H groups in total. The Balaban J connectivity index is 2.34. The fraction of sp³-hybridized carbons (Fsp3) is 0.385. The summed E-state index contributed by atoms with van der Waals surface area (Å²) < 4.78 is 40.4. The predicted molar refractivity (Wildman–Crippen MR) is 82.5 cm³/mol. The van der Waals surface area contributed by atoms with Crippen LogP contribution in [0.2, 0.25) is 0 Å². The van der Waals surface area contributed by atoms with Gasteiger partial charge in [0.05, 0.1) is 0 Å². The molecule has 3 amide bonds. The molecule has 0 aliphatic rings. The third kappa shape index (κ3) is 8.94. The summed E-state index contributed by atoms with van der Waals surface area (Å²) in [4.78, 5) is 22.8. The number of rotatable bonds is 7. The Labute approximate surface area is 135 Å². The first-order valence-electron chi connectivity index (χ1n) is 6.44. The Kier molecular flexibility index (Phi) is 7.69. The van der Waals surface area contributed by atoms with Crippen LogP contribution >= 0.6 is 11.8 Å². The summed E-state index contributed by atoms with van der Waals surface area (Å²) in [5, 5.41) is 7.36. The third-order valence-electron chi connectivity index (χ3n) is 2.36. The number of benzene rings is 1. The minimum absolute atomic E-state index is 0.0711. The van der Waals surface area contributed by atoms with E-state index in [-0.39, 0.29) is 36.6 Å². The predicted octanol–water partition coefficient (Wildman–Crippen LogP) is 2.65. The average Bonchev–Trinajstić information content (AvgIpc) is 2.45. The second kappa shape index (κ2) is 9.26. The molecule has 6 nitrogen and oxygen atoms in total. The van der Waals surface area contributed by atoms with Crippen molar-refractivity contribution in [1.82, 2.24) is 5.32 Å². The molecule has 10 heteroatoms. The zero-order chi connectivity index (χ0) is 17.3. The third-order valence-corrected chi connectivity index (χ3v) is 3.09. The van der Waals surface area contributed by atoms with Gasteiger partial charge in [-0.3, -0.25) is 4.79 Å². The van der Waals surface area contributed by atoms with Gasteiger partial charge in [-0.2, -0.15) is 13.2 Å². The van der Waals surface area contributed by atoms with Crippen molar-refractivity contribution in [2.45, 2.75) is 5.51 Å². The van der Waals surface area contributed by atoms with Gasteiger partial charge in [0.15, 0.2) is 0 Å². The lowest BCUT2D eigenvalue weighted by molar-refractivity contribution is -0.119. The number of hydrogen-bond donors (Lipinski definition) is 3. The molecule has 1 aromatic carbocycles. The monoisotopic (exact) mass is 351 g/mol. The summed E-state index contributed by atoms with van der Waals surface area (Å²) in [6.45, 7) is -0.181. The molecule has 128 valence electrons. The largest absolute Gasteiger partial charge is 0.441 e. The van der Waals surface area contributed by atoms with Crippen molar-refractivity contribution in [3.8, 4) is 0 Å². The average molecular weight is 351 g/mol. The fourth-order valence-corrected chi connectivity index (χ4v) is 1.91. The van der Waals surface area contributed by atoms with Crippen molar-refractivity contribution in [3.63, 3.8) is 0 Å². The van der Waals surface area contributed by atoms with E-state index in [4.69, 9.17) is 0 Å². The van der Waals surface area contributed by atoms with Crippen LogP contribution in [-0.2, 0) is 9.53 Å². The lowest BCUT2D eigenvalue weighted by Gasteiger charge is -2.09. The second-order valence-corrected chi connectivity index (χ2v) is 5.39. The molecule has 0 fully saturated rings. The summed E-state index contributed by atoms with van der Waals surface area (Å²) >= 11 is -0.200. The van der Waals surface area contributed by atoms with E-state index >= 15 is 0 Å². The topological polar surface area (TPSA) is 79.5 Å². The van der Waals surface area contributed by atoms with Crippen molar-refractivity contribution in [1.29, 1.82) is 0 Å². The van der Waals surface area contributed by atoms with E-state index in [1.165, 1.54) is 7.11 Å². The molecule has 0 heterocycles. The first kappa shape index (κ1) is 19.1. The van der Waals surface area contributed by atoms with Crippen LogP contribution in [0.25, 0.3) is 0 Å². The number of urea groups is 1. The van der Waals surface area contributed by atoms with Crippen LogP contribution in [0.15, 0.2) is 24.3 Å². The van der Waals surface area contributed by atoms with Crippen LogP contribution < -0.4 is 16.0 Å². The van der Waals surface area contributed by atoms with E-state index < -0.39 is 11.5 Å². The molecular weight excluding hydrogens is 335 g/mol. The maximum Gasteiger partial charge on any atom is 0.441 e. The highest BCUT2D eigenvalue weighted by molar-refractivity contribution is 8.00. The number of ether oxygens (including phenoxy) is 1. The van der Waals surface area contributed by atoms with E-state index in [1.54, 1.807) is 24.3 Å². The van der Waals surface area contributed by atoms with Gasteiger partial charge >= 0.3 is 11.5 Å². The summed E-state index contributed by atoms with van der Waals surface area (Å²) in [6.07, 6.45) is 0. The van der Waals surface area contributed by atoms with E-state index in [9.17, 15) is 22.8 Å². The minimum Gasteiger partial charge on any atom is -0.375 e. The maximum absolute atomic E-state index is 11.9. The van der Waals surface area contributed by atoms with E-state index in [1.807, 2.05) is 0 Å². The molecule has 0 atom stereocenters. The van der Waals surface area contributed by atoms with Crippen LogP contribution in [0, 0.1) is 0 Å². The van der Waals surface area contributed by atoms with Crippen LogP contribution in [0.1, 0.15) is 0 Å². The van der Waals surface area contributed by atoms with Gasteiger partial charge in [-0.1, -0.05) is 0 Å². The molecule has 1 rings (SSSR count). The molecule has 0 radical (unpaired) electrons. The highest BCUT2D eigenvalue weighted by atomic mass is 32.2. The molecule has 0 saturated heterocycles. The van der Waals surface area contributed by atoms with Gasteiger partial charge in [-0.05, 0) is 36.0 Å². The quantitative estimate of drug-likeness (QED) is 0.660. The van der Waals surface area contributed by atoms with Gasteiger partial charge in [-0.25, -0.2) is 4.79 Å². The Morgan fingerprint density at radius 3 is 2.22 bits per heavy atom. The van der Waals surface area contributed by atoms with Crippen LogP contribution in [-0.4, -0.2) is 43.5 Å². The van der Waals surface area contributed by atoms with Crippen molar-refractivity contribution < 1.29 is 27.5 Å². The standard InChI is InChI=1S/C13H16F3N3O3S/c1-22-8-11(20)18-9-2-4-10(5-3-9)19-12(21)17-6-7-23-13(14,15)16/h2-5H,6-8H2,1H3,(H,18,20)(H2,17,19,21). The van der Waals surface area contributed by atoms with Gasteiger partial charge in [0, 0.05) is 30.8 Å². The summed E-state index contributed by atoms with van der Waals surface area (Å²) in [7, 11) is 1.40. The molecule has 0 aromatic heterocycles. The van der Waals surface area contributed by atoms with Gasteiger partial charge < -0.3 is 20.7 Å². The van der Waals surface area contributed by atoms with E-state index in [0.717, 1.165) is 0 Å². The number of hydrogen-bond acceptors (Lipinski definition) is 4. The first-order valence-corrected chi connectivity index (χ1v) is 7.43. The Morgan fingerprint density at radius 1 is 1.13 bits per heavy atom. The molecular formula is C13H16F3N3O3S. The molecule has 1 aromatic rings. The van der Waals surface area contributed by atoms with Gasteiger partial charge in [0.1, 0.15) is 6.61 Å².